The molecule has 0 bridgehead atoms. The average Bonchev–Trinajstić information content (AvgIpc) is 2.87. The van der Waals surface area contributed by atoms with Crippen LogP contribution in [-0.4, -0.2) is 44.0 Å². The average molecular weight is 483 g/mol. The minimum atomic E-state index is -1.96. The van der Waals surface area contributed by atoms with Crippen LogP contribution in [-0.2, 0) is 19.9 Å². The first-order chi connectivity index (χ1) is 16.4. The van der Waals surface area contributed by atoms with Crippen molar-refractivity contribution in [2.45, 2.75) is 5.60 Å². The van der Waals surface area contributed by atoms with E-state index in [9.17, 15) is 14.7 Å². The molecule has 8 nitrogen and oxygen atoms in total. The number of rotatable bonds is 9. The Bertz CT molecular complexity index is 1130. The van der Waals surface area contributed by atoms with Crippen LogP contribution >= 0.6 is 11.6 Å². The van der Waals surface area contributed by atoms with Gasteiger partial charge < -0.3 is 19.3 Å². The van der Waals surface area contributed by atoms with E-state index in [0.29, 0.717) is 16.7 Å². The molecule has 3 aromatic carbocycles. The highest BCUT2D eigenvalue weighted by atomic mass is 35.5. The molecule has 0 saturated carbocycles. The van der Waals surface area contributed by atoms with Gasteiger partial charge >= 0.3 is 5.97 Å². The quantitative estimate of drug-likeness (QED) is 0.275. The highest BCUT2D eigenvalue weighted by Crippen LogP contribution is 2.36. The maximum Gasteiger partial charge on any atom is 0.343 e. The van der Waals surface area contributed by atoms with Gasteiger partial charge in [-0.15, -0.1) is 0 Å². The van der Waals surface area contributed by atoms with Crippen LogP contribution in [0.4, 0.5) is 0 Å². The third-order valence-electron chi connectivity index (χ3n) is 4.91. The summed E-state index contributed by atoms with van der Waals surface area (Å²) in [6, 6.07) is 20.2. The Kier molecular flexibility index (Phi) is 8.24. The Balaban J connectivity index is 1.82. The van der Waals surface area contributed by atoms with E-state index < -0.39 is 17.5 Å². The highest BCUT2D eigenvalue weighted by Gasteiger charge is 2.39. The minimum Gasteiger partial charge on any atom is -0.493 e. The zero-order valence-electron chi connectivity index (χ0n) is 18.5. The summed E-state index contributed by atoms with van der Waals surface area (Å²) in [7, 11) is 2.66. The number of carbonyl (C=O) groups is 2. The number of hydrogen-bond donors (Lipinski definition) is 2. The number of halogens is 1. The van der Waals surface area contributed by atoms with Crippen LogP contribution < -0.4 is 14.9 Å². The number of carbonyl (C=O) groups excluding carboxylic acids is 2. The van der Waals surface area contributed by atoms with Crippen LogP contribution in [0.25, 0.3) is 0 Å². The second-order valence-corrected chi connectivity index (χ2v) is 7.45. The number of benzene rings is 3. The van der Waals surface area contributed by atoms with E-state index in [2.05, 4.69) is 15.3 Å². The number of ether oxygens (including phenoxy) is 3. The number of hydrazone groups is 1. The SMILES string of the molecule is COC(=O)COc1c(Cl)cc(/C=N\NC(=O)C(O)(c2ccccc2)c2ccccc2)cc1OC. The maximum absolute atomic E-state index is 13.1. The van der Waals surface area contributed by atoms with Crippen molar-refractivity contribution >= 4 is 29.7 Å². The Hall–Kier alpha value is -3.88. The zero-order chi connectivity index (χ0) is 24.6. The zero-order valence-corrected chi connectivity index (χ0v) is 19.3. The third kappa shape index (κ3) is 5.54. The molecule has 0 fully saturated rings. The lowest BCUT2D eigenvalue weighted by Gasteiger charge is -2.27. The molecule has 2 N–H and O–H groups in total. The Morgan fingerprint density at radius 3 is 2.15 bits per heavy atom. The van der Waals surface area contributed by atoms with E-state index in [0.717, 1.165) is 0 Å². The first-order valence-electron chi connectivity index (χ1n) is 10.1. The number of esters is 1. The van der Waals surface area contributed by atoms with Gasteiger partial charge in [-0.25, -0.2) is 10.2 Å². The number of amides is 1. The fraction of sp³-hybridized carbons (Fsp3) is 0.160. The lowest BCUT2D eigenvalue weighted by atomic mass is 9.85. The van der Waals surface area contributed by atoms with Crippen LogP contribution in [0.3, 0.4) is 0 Å². The second-order valence-electron chi connectivity index (χ2n) is 7.04. The monoisotopic (exact) mass is 482 g/mol. The lowest BCUT2D eigenvalue weighted by molar-refractivity contribution is -0.143. The topological polar surface area (TPSA) is 106 Å². The first kappa shape index (κ1) is 24.8. The number of hydrogen-bond acceptors (Lipinski definition) is 7. The van der Waals surface area contributed by atoms with Crippen molar-refractivity contribution in [1.82, 2.24) is 5.43 Å². The van der Waals surface area contributed by atoms with Gasteiger partial charge in [0, 0.05) is 0 Å². The van der Waals surface area contributed by atoms with Gasteiger partial charge in [0.15, 0.2) is 23.7 Å². The van der Waals surface area contributed by atoms with E-state index in [4.69, 9.17) is 21.1 Å². The van der Waals surface area contributed by atoms with Crippen LogP contribution in [0.1, 0.15) is 16.7 Å². The van der Waals surface area contributed by atoms with Crippen LogP contribution in [0.5, 0.6) is 11.5 Å². The normalized spacial score (nSPS) is 11.2. The molecule has 0 atom stereocenters. The van der Waals surface area contributed by atoms with Gasteiger partial charge in [-0.05, 0) is 28.8 Å². The predicted molar refractivity (Wildman–Crippen MR) is 127 cm³/mol. The molecule has 9 heteroatoms. The summed E-state index contributed by atoms with van der Waals surface area (Å²) in [5.74, 6) is -0.888. The van der Waals surface area contributed by atoms with Crippen molar-refractivity contribution in [2.24, 2.45) is 5.10 Å². The molecule has 0 radical (unpaired) electrons. The van der Waals surface area contributed by atoms with Gasteiger partial charge in [0.05, 0.1) is 25.5 Å². The van der Waals surface area contributed by atoms with E-state index >= 15 is 0 Å². The number of methoxy groups -OCH3 is 2. The molecule has 0 saturated heterocycles. The third-order valence-corrected chi connectivity index (χ3v) is 5.19. The molecule has 0 unspecified atom stereocenters. The molecule has 34 heavy (non-hydrogen) atoms. The molecule has 176 valence electrons. The van der Waals surface area contributed by atoms with Gasteiger partial charge in [-0.3, -0.25) is 4.79 Å². The molecule has 3 aromatic rings. The van der Waals surface area contributed by atoms with Crippen molar-refractivity contribution in [3.63, 3.8) is 0 Å². The van der Waals surface area contributed by atoms with Gasteiger partial charge in [-0.1, -0.05) is 72.3 Å². The standard InChI is InChI=1S/C25H23ClN2O6/c1-32-21-14-17(13-20(26)23(21)34-16-22(29)33-2)15-27-28-24(30)25(31,18-9-5-3-6-10-18)19-11-7-4-8-12-19/h3-15,31H,16H2,1-2H3,(H,28,30)/b27-15-. The largest absolute Gasteiger partial charge is 0.493 e. The lowest BCUT2D eigenvalue weighted by Crippen LogP contribution is -2.43. The summed E-state index contributed by atoms with van der Waals surface area (Å²) in [5, 5.41) is 15.6. The second kappa shape index (κ2) is 11.3. The smallest absolute Gasteiger partial charge is 0.343 e. The van der Waals surface area contributed by atoms with Crippen molar-refractivity contribution in [3.05, 3.63) is 94.5 Å². The molecule has 0 aliphatic rings. The van der Waals surface area contributed by atoms with Gasteiger partial charge in [-0.2, -0.15) is 5.10 Å². The molecule has 0 spiro atoms. The maximum atomic E-state index is 13.1. The van der Waals surface area contributed by atoms with Gasteiger partial charge in [0.1, 0.15) is 0 Å². The molecule has 1 amide bonds. The van der Waals surface area contributed by atoms with E-state index in [-0.39, 0.29) is 23.1 Å². The summed E-state index contributed by atoms with van der Waals surface area (Å²) >= 11 is 6.27. The summed E-state index contributed by atoms with van der Waals surface area (Å²) in [4.78, 5) is 24.4. The highest BCUT2D eigenvalue weighted by molar-refractivity contribution is 6.32. The minimum absolute atomic E-state index is 0.165. The Morgan fingerprint density at radius 2 is 1.62 bits per heavy atom. The summed E-state index contributed by atoms with van der Waals surface area (Å²) < 4.78 is 15.2. The first-order valence-corrected chi connectivity index (χ1v) is 10.5. The molecular weight excluding hydrogens is 460 g/mol. The van der Waals surface area contributed by atoms with Crippen LogP contribution in [0, 0.1) is 0 Å². The van der Waals surface area contributed by atoms with Crippen LogP contribution in [0.2, 0.25) is 5.02 Å². The van der Waals surface area contributed by atoms with Gasteiger partial charge in [0.25, 0.3) is 5.91 Å². The number of nitrogens with one attached hydrogen (secondary N) is 1. The molecule has 0 aliphatic carbocycles. The predicted octanol–water partition coefficient (Wildman–Crippen LogP) is 3.29. The fourth-order valence-electron chi connectivity index (χ4n) is 3.18. The molecular formula is C25H23ClN2O6. The van der Waals surface area contributed by atoms with Crippen molar-refractivity contribution in [2.75, 3.05) is 20.8 Å². The van der Waals surface area contributed by atoms with E-state index in [1.807, 2.05) is 0 Å². The fourth-order valence-corrected chi connectivity index (χ4v) is 3.45. The number of nitrogens with zero attached hydrogens (tertiary/aromatic N) is 1. The summed E-state index contributed by atoms with van der Waals surface area (Å²) in [6.45, 7) is -0.340. The van der Waals surface area contributed by atoms with Crippen LogP contribution in [0.15, 0.2) is 77.9 Å². The molecule has 0 aromatic heterocycles. The van der Waals surface area contributed by atoms with Gasteiger partial charge in [0.2, 0.25) is 0 Å². The Labute approximate surface area is 201 Å². The Morgan fingerprint density at radius 1 is 1.03 bits per heavy atom. The number of aliphatic hydroxyl groups is 1. The van der Waals surface area contributed by atoms with E-state index in [1.54, 1.807) is 66.7 Å². The van der Waals surface area contributed by atoms with Crippen molar-refractivity contribution in [3.8, 4) is 11.5 Å². The molecule has 0 aliphatic heterocycles. The van der Waals surface area contributed by atoms with Crippen molar-refractivity contribution in [1.29, 1.82) is 0 Å². The van der Waals surface area contributed by atoms with Crippen molar-refractivity contribution < 1.29 is 28.9 Å². The van der Waals surface area contributed by atoms with E-state index in [1.165, 1.54) is 26.5 Å². The summed E-state index contributed by atoms with van der Waals surface area (Å²) in [5.41, 5.74) is 1.70. The summed E-state index contributed by atoms with van der Waals surface area (Å²) in [6.07, 6.45) is 1.34. The molecule has 3 rings (SSSR count). The molecule has 0 heterocycles.